The van der Waals surface area contributed by atoms with Crippen LogP contribution < -0.4 is 21.1 Å². The van der Waals surface area contributed by atoms with Gasteiger partial charge >= 0.3 is 0 Å². The Morgan fingerprint density at radius 3 is 2.51 bits per heavy atom. The lowest BCUT2D eigenvalue weighted by atomic mass is 10.00. The van der Waals surface area contributed by atoms with E-state index >= 15 is 0 Å². The zero-order valence-electron chi connectivity index (χ0n) is 20.7. The predicted octanol–water partition coefficient (Wildman–Crippen LogP) is 4.50. The number of rotatable bonds is 10. The summed E-state index contributed by atoms with van der Waals surface area (Å²) in [6, 6.07) is 20.0. The Labute approximate surface area is 215 Å². The van der Waals surface area contributed by atoms with Crippen molar-refractivity contribution in [3.8, 4) is 22.6 Å². The zero-order valence-corrected chi connectivity index (χ0v) is 20.7. The summed E-state index contributed by atoms with van der Waals surface area (Å²) in [5.74, 6) is 1.39. The first-order chi connectivity index (χ1) is 17.9. The number of carbonyl (C=O) groups excluding carboxylic acids is 1. The van der Waals surface area contributed by atoms with Crippen LogP contribution in [0.15, 0.2) is 85.3 Å². The van der Waals surface area contributed by atoms with Crippen molar-refractivity contribution < 1.29 is 9.53 Å². The average molecular weight is 496 g/mol. The van der Waals surface area contributed by atoms with Gasteiger partial charge in [-0.05, 0) is 62.1 Å². The lowest BCUT2D eigenvalue weighted by Gasteiger charge is -2.12. The third-order valence-electron chi connectivity index (χ3n) is 5.46. The van der Waals surface area contributed by atoms with Crippen molar-refractivity contribution >= 4 is 28.8 Å². The van der Waals surface area contributed by atoms with Crippen LogP contribution in [0.25, 0.3) is 11.1 Å². The molecule has 37 heavy (non-hydrogen) atoms. The van der Waals surface area contributed by atoms with E-state index in [2.05, 4.69) is 25.5 Å². The van der Waals surface area contributed by atoms with Crippen LogP contribution in [0, 0.1) is 5.41 Å². The van der Waals surface area contributed by atoms with E-state index in [-0.39, 0.29) is 5.71 Å². The molecular weight excluding hydrogens is 466 g/mol. The molecule has 0 aliphatic carbocycles. The van der Waals surface area contributed by atoms with Gasteiger partial charge in [-0.15, -0.1) is 0 Å². The minimum atomic E-state index is -0.585. The van der Waals surface area contributed by atoms with Crippen LogP contribution in [0.3, 0.4) is 0 Å². The summed E-state index contributed by atoms with van der Waals surface area (Å²) in [6.45, 7) is 1.63. The molecule has 2 heterocycles. The van der Waals surface area contributed by atoms with E-state index in [9.17, 15) is 4.79 Å². The van der Waals surface area contributed by atoms with Crippen LogP contribution in [0.5, 0.6) is 11.5 Å². The molecule has 0 atom stereocenters. The summed E-state index contributed by atoms with van der Waals surface area (Å²) < 4.78 is 5.88. The monoisotopic (exact) mass is 495 g/mol. The van der Waals surface area contributed by atoms with Crippen LogP contribution in [0.1, 0.15) is 5.56 Å². The number of nitrogens with two attached hydrogens (primary N) is 1. The maximum Gasteiger partial charge on any atom is 0.274 e. The number of hydrogen-bond acceptors (Lipinski definition) is 8. The summed E-state index contributed by atoms with van der Waals surface area (Å²) >= 11 is 0. The number of nitrogen functional groups attached to an aromatic ring is 1. The van der Waals surface area contributed by atoms with Gasteiger partial charge in [0.15, 0.2) is 0 Å². The third-order valence-corrected chi connectivity index (χ3v) is 5.46. The van der Waals surface area contributed by atoms with E-state index in [1.807, 2.05) is 56.6 Å². The fourth-order valence-electron chi connectivity index (χ4n) is 3.51. The molecule has 0 aliphatic heterocycles. The number of likely N-dealkylation sites (N-methyl/N-ethyl adjacent to an activating group) is 1. The van der Waals surface area contributed by atoms with E-state index in [4.69, 9.17) is 15.9 Å². The number of pyridine rings is 2. The Balaban J connectivity index is 1.45. The number of nitrogens with zero attached hydrogens (tertiary/aromatic N) is 3. The molecular formula is C28H29N7O2. The fourth-order valence-corrected chi connectivity index (χ4v) is 3.51. The van der Waals surface area contributed by atoms with E-state index in [1.165, 1.54) is 0 Å². The minimum absolute atomic E-state index is 0.253. The van der Waals surface area contributed by atoms with Gasteiger partial charge in [-0.2, -0.15) is 0 Å². The number of amides is 1. The highest BCUT2D eigenvalue weighted by Crippen LogP contribution is 2.28. The van der Waals surface area contributed by atoms with Gasteiger partial charge in [-0.25, -0.2) is 4.98 Å². The molecule has 0 aliphatic rings. The maximum atomic E-state index is 12.8. The second-order valence-corrected chi connectivity index (χ2v) is 8.62. The number of nitrogens with one attached hydrogen (secondary N) is 3. The molecule has 0 radical (unpaired) electrons. The molecule has 4 aromatic rings. The third kappa shape index (κ3) is 6.89. The van der Waals surface area contributed by atoms with Gasteiger partial charge in [0.1, 0.15) is 23.0 Å². The summed E-state index contributed by atoms with van der Waals surface area (Å²) in [7, 11) is 4.00. The van der Waals surface area contributed by atoms with Crippen LogP contribution in [-0.2, 0) is 4.79 Å². The average Bonchev–Trinajstić information content (AvgIpc) is 2.90. The lowest BCUT2D eigenvalue weighted by Crippen LogP contribution is -2.24. The van der Waals surface area contributed by atoms with Crippen molar-refractivity contribution in [2.45, 2.75) is 0 Å². The van der Waals surface area contributed by atoms with Gasteiger partial charge in [0.25, 0.3) is 5.91 Å². The highest BCUT2D eigenvalue weighted by atomic mass is 16.5. The number of benzene rings is 2. The van der Waals surface area contributed by atoms with Gasteiger partial charge in [0, 0.05) is 36.1 Å². The zero-order chi connectivity index (χ0) is 26.2. The second-order valence-electron chi connectivity index (χ2n) is 8.62. The van der Waals surface area contributed by atoms with Crippen LogP contribution in [0.4, 0.5) is 17.2 Å². The van der Waals surface area contributed by atoms with Crippen molar-refractivity contribution in [3.05, 3.63) is 90.9 Å². The number of hydrogen-bond donors (Lipinski definition) is 4. The summed E-state index contributed by atoms with van der Waals surface area (Å²) in [6.07, 6.45) is 4.87. The van der Waals surface area contributed by atoms with Gasteiger partial charge in [-0.3, -0.25) is 15.2 Å². The molecule has 5 N–H and O–H groups in total. The van der Waals surface area contributed by atoms with E-state index in [0.29, 0.717) is 34.3 Å². The molecule has 0 saturated carbocycles. The molecule has 2 aromatic carbocycles. The van der Waals surface area contributed by atoms with Crippen molar-refractivity contribution in [1.82, 2.24) is 14.9 Å². The normalized spacial score (nSPS) is 10.7. The Morgan fingerprint density at radius 2 is 1.78 bits per heavy atom. The van der Waals surface area contributed by atoms with Crippen LogP contribution >= 0.6 is 0 Å². The first kappa shape index (κ1) is 25.3. The first-order valence-electron chi connectivity index (χ1n) is 11.7. The van der Waals surface area contributed by atoms with Crippen molar-refractivity contribution in [2.75, 3.05) is 43.6 Å². The van der Waals surface area contributed by atoms with Crippen molar-refractivity contribution in [2.24, 2.45) is 0 Å². The van der Waals surface area contributed by atoms with Gasteiger partial charge in [0.2, 0.25) is 0 Å². The molecule has 9 nitrogen and oxygen atoms in total. The number of carbonyl (C=O) groups is 1. The molecule has 0 fully saturated rings. The van der Waals surface area contributed by atoms with Crippen LogP contribution in [0.2, 0.25) is 0 Å². The van der Waals surface area contributed by atoms with E-state index in [1.54, 1.807) is 42.9 Å². The molecule has 4 rings (SSSR count). The molecule has 2 aromatic heterocycles. The van der Waals surface area contributed by atoms with Crippen molar-refractivity contribution in [3.63, 3.8) is 0 Å². The second kappa shape index (κ2) is 11.8. The highest BCUT2D eigenvalue weighted by molar-refractivity contribution is 6.48. The molecule has 0 spiro atoms. The van der Waals surface area contributed by atoms with Crippen molar-refractivity contribution in [1.29, 1.82) is 5.41 Å². The number of para-hydroxylation sites is 1. The molecule has 9 heteroatoms. The molecule has 0 bridgehead atoms. The standard InChI is InChI=1S/C28H29N7O2/c1-35(2)13-12-32-26-11-9-21(17-33-26)34-28(36)27(30)24-15-19(8-10-25(24)29)20-14-23(18-31-16-20)37-22-6-4-3-5-7-22/h3-11,14-18,30H,12-13,29H2,1-2H3,(H,32,33)(H,34,36). The lowest BCUT2D eigenvalue weighted by molar-refractivity contribution is -0.110. The predicted molar refractivity (Wildman–Crippen MR) is 147 cm³/mol. The topological polar surface area (TPSA) is 129 Å². The number of aromatic nitrogens is 2. The molecule has 1 amide bonds. The first-order valence-corrected chi connectivity index (χ1v) is 11.7. The minimum Gasteiger partial charge on any atom is -0.456 e. The number of ether oxygens (including phenoxy) is 1. The molecule has 0 saturated heterocycles. The number of anilines is 3. The smallest absolute Gasteiger partial charge is 0.274 e. The molecule has 188 valence electrons. The Morgan fingerprint density at radius 1 is 0.973 bits per heavy atom. The van der Waals surface area contributed by atoms with E-state index < -0.39 is 5.91 Å². The van der Waals surface area contributed by atoms with E-state index in [0.717, 1.165) is 24.2 Å². The Hall–Kier alpha value is -4.76. The Bertz CT molecular complexity index is 1370. The summed E-state index contributed by atoms with van der Waals surface area (Å²) in [4.78, 5) is 23.5. The largest absolute Gasteiger partial charge is 0.456 e. The van der Waals surface area contributed by atoms with Gasteiger partial charge in [0.05, 0.1) is 18.1 Å². The summed E-state index contributed by atoms with van der Waals surface area (Å²) in [5.41, 5.74) is 8.53. The Kier molecular flexibility index (Phi) is 8.07. The SMILES string of the molecule is CN(C)CCNc1ccc(NC(=O)C(=N)c2cc(-c3cncc(Oc4ccccc4)c3)ccc2N)cn1. The van der Waals surface area contributed by atoms with Crippen LogP contribution in [-0.4, -0.2) is 53.7 Å². The quantitative estimate of drug-likeness (QED) is 0.188. The maximum absolute atomic E-state index is 12.8. The fraction of sp³-hybridized carbons (Fsp3) is 0.143. The van der Waals surface area contributed by atoms with Gasteiger partial charge < -0.3 is 26.0 Å². The van der Waals surface area contributed by atoms with Gasteiger partial charge in [-0.1, -0.05) is 24.3 Å². The highest BCUT2D eigenvalue weighted by Gasteiger charge is 2.17. The summed E-state index contributed by atoms with van der Waals surface area (Å²) in [5, 5.41) is 14.4. The molecule has 0 unspecified atom stereocenters.